The first-order valence-corrected chi connectivity index (χ1v) is 11.5. The minimum atomic E-state index is -0.913. The Bertz CT molecular complexity index is 1450. The molecule has 0 fully saturated rings. The molecule has 0 amide bonds. The van der Waals surface area contributed by atoms with Crippen molar-refractivity contribution in [2.24, 2.45) is 0 Å². The Hall–Kier alpha value is -3.44. The molecule has 0 aliphatic rings. The van der Waals surface area contributed by atoms with Gasteiger partial charge < -0.3 is 33.6 Å². The van der Waals surface area contributed by atoms with Gasteiger partial charge in [-0.3, -0.25) is 9.53 Å². The summed E-state index contributed by atoms with van der Waals surface area (Å²) in [6.45, 7) is 2.50. The average molecular weight is 531 g/mol. The molecule has 0 saturated heterocycles. The maximum absolute atomic E-state index is 11.6. The SMILES string of the molecule is COc1cc(OCCO)cc(OC)c1-c1cccc(COc2ccc(Cn3oc(=O)[n-]c3=O)cc2)c1C.[Na+]. The molecule has 1 N–H and O–H groups in total. The van der Waals surface area contributed by atoms with Gasteiger partial charge in [-0.05, 0) is 41.3 Å². The van der Waals surface area contributed by atoms with Crippen LogP contribution in [0.15, 0.2) is 68.7 Å². The second-order valence-corrected chi connectivity index (χ2v) is 8.09. The molecule has 0 bridgehead atoms. The molecule has 11 heteroatoms. The van der Waals surface area contributed by atoms with Gasteiger partial charge in [0.2, 0.25) is 0 Å². The van der Waals surface area contributed by atoms with E-state index in [-0.39, 0.29) is 49.3 Å². The van der Waals surface area contributed by atoms with Crippen molar-refractivity contribution in [2.75, 3.05) is 27.4 Å². The van der Waals surface area contributed by atoms with Crippen LogP contribution in [0.4, 0.5) is 0 Å². The van der Waals surface area contributed by atoms with Gasteiger partial charge in [0.1, 0.15) is 36.2 Å². The molecule has 0 aliphatic heterocycles. The van der Waals surface area contributed by atoms with Gasteiger partial charge >= 0.3 is 35.3 Å². The predicted octanol–water partition coefficient (Wildman–Crippen LogP) is -0.246. The molecule has 194 valence electrons. The summed E-state index contributed by atoms with van der Waals surface area (Å²) in [5.74, 6) is 1.43. The molecular weight excluding hydrogens is 503 g/mol. The minimum Gasteiger partial charge on any atom is -0.496 e. The molecule has 0 saturated carbocycles. The van der Waals surface area contributed by atoms with Crippen LogP contribution in [0.2, 0.25) is 0 Å². The monoisotopic (exact) mass is 530 g/mol. The fraction of sp³-hybridized carbons (Fsp3) is 0.259. The molecule has 1 heterocycles. The third kappa shape index (κ3) is 6.70. The van der Waals surface area contributed by atoms with Gasteiger partial charge in [0.15, 0.2) is 5.69 Å². The standard InChI is InChI=1S/C27H28N2O8.Na/c1-17-19(16-36-20-9-7-18(8-10-20)15-29-26(31)28-27(32)37-29)5-4-6-22(17)25-23(33-2)13-21(35-12-11-30)14-24(25)34-3;/h4-10,13-14,30H,11-12,15-16H2,1-3H3,(H,28,31,32);/q;+1/p-1. The smallest absolute Gasteiger partial charge is 0.496 e. The Labute approximate surface area is 241 Å². The first kappa shape index (κ1) is 29.1. The van der Waals surface area contributed by atoms with Crippen molar-refractivity contribution in [3.8, 4) is 34.1 Å². The topological polar surface area (TPSA) is 123 Å². The number of nitrogens with zero attached hydrogens (tertiary/aromatic N) is 2. The van der Waals surface area contributed by atoms with Crippen LogP contribution in [-0.2, 0) is 13.2 Å². The van der Waals surface area contributed by atoms with Crippen LogP contribution in [-0.4, -0.2) is 37.3 Å². The number of ether oxygens (including phenoxy) is 4. The van der Waals surface area contributed by atoms with E-state index in [4.69, 9.17) is 28.6 Å². The maximum atomic E-state index is 11.6. The molecule has 0 atom stereocenters. The van der Waals surface area contributed by atoms with Gasteiger partial charge in [0, 0.05) is 18.7 Å². The van der Waals surface area contributed by atoms with Crippen molar-refractivity contribution < 1.29 is 58.1 Å². The quantitative estimate of drug-likeness (QED) is 0.262. The number of hydrogen-bond donors (Lipinski definition) is 1. The van der Waals surface area contributed by atoms with Gasteiger partial charge in [-0.2, -0.15) is 0 Å². The van der Waals surface area contributed by atoms with E-state index in [2.05, 4.69) is 4.98 Å². The molecule has 0 radical (unpaired) electrons. The first-order chi connectivity index (χ1) is 17.9. The Morgan fingerprint density at radius 2 is 1.63 bits per heavy atom. The van der Waals surface area contributed by atoms with E-state index in [0.717, 1.165) is 32.6 Å². The number of aromatic nitrogens is 2. The average Bonchev–Trinajstić information content (AvgIpc) is 3.23. The van der Waals surface area contributed by atoms with Gasteiger partial charge in [-0.1, -0.05) is 30.3 Å². The summed E-state index contributed by atoms with van der Waals surface area (Å²) in [7, 11) is 3.16. The minimum absolute atomic E-state index is 0. The first-order valence-electron chi connectivity index (χ1n) is 11.5. The van der Waals surface area contributed by atoms with Gasteiger partial charge in [0.25, 0.3) is 0 Å². The Morgan fingerprint density at radius 3 is 2.21 bits per heavy atom. The van der Waals surface area contributed by atoms with Crippen molar-refractivity contribution in [2.45, 2.75) is 20.1 Å². The molecule has 0 spiro atoms. The van der Waals surface area contributed by atoms with Crippen LogP contribution in [0.3, 0.4) is 0 Å². The van der Waals surface area contributed by atoms with Crippen LogP contribution >= 0.6 is 0 Å². The Morgan fingerprint density at radius 1 is 0.947 bits per heavy atom. The van der Waals surface area contributed by atoms with Crippen LogP contribution < -0.4 is 64.9 Å². The summed E-state index contributed by atoms with van der Waals surface area (Å²) in [6, 6.07) is 16.6. The summed E-state index contributed by atoms with van der Waals surface area (Å²) < 4.78 is 28.5. The van der Waals surface area contributed by atoms with E-state index in [0.29, 0.717) is 29.6 Å². The normalized spacial score (nSPS) is 10.5. The number of methoxy groups -OCH3 is 2. The van der Waals surface area contributed by atoms with E-state index in [1.54, 1.807) is 50.6 Å². The van der Waals surface area contributed by atoms with Crippen molar-refractivity contribution >= 4 is 0 Å². The molecular formula is C27H27N2NaO8. The van der Waals surface area contributed by atoms with Crippen molar-refractivity contribution in [1.29, 1.82) is 0 Å². The number of aliphatic hydroxyl groups is 1. The Balaban J connectivity index is 0.00000400. The fourth-order valence-corrected chi connectivity index (χ4v) is 3.92. The molecule has 38 heavy (non-hydrogen) atoms. The molecule has 3 aromatic carbocycles. The zero-order valence-corrected chi connectivity index (χ0v) is 23.7. The summed E-state index contributed by atoms with van der Waals surface area (Å²) in [5.41, 5.74) is 3.72. The zero-order chi connectivity index (χ0) is 26.4. The van der Waals surface area contributed by atoms with E-state index < -0.39 is 11.4 Å². The van der Waals surface area contributed by atoms with Crippen molar-refractivity contribution in [1.82, 2.24) is 9.72 Å². The summed E-state index contributed by atoms with van der Waals surface area (Å²) >= 11 is 0. The maximum Gasteiger partial charge on any atom is 1.00 e. The molecule has 0 aliphatic carbocycles. The van der Waals surface area contributed by atoms with Crippen LogP contribution in [0.5, 0.6) is 23.0 Å². The van der Waals surface area contributed by atoms with Crippen LogP contribution in [0.25, 0.3) is 11.1 Å². The van der Waals surface area contributed by atoms with Crippen LogP contribution in [0.1, 0.15) is 16.7 Å². The van der Waals surface area contributed by atoms with E-state index in [9.17, 15) is 9.59 Å². The molecule has 1 aromatic heterocycles. The number of hydrogen-bond acceptors (Lipinski definition) is 8. The number of aliphatic hydroxyl groups excluding tert-OH is 1. The summed E-state index contributed by atoms with van der Waals surface area (Å²) in [4.78, 5) is 25.9. The van der Waals surface area contributed by atoms with Crippen LogP contribution in [0, 0.1) is 6.92 Å². The van der Waals surface area contributed by atoms with Crippen molar-refractivity contribution in [3.05, 3.63) is 92.3 Å². The summed E-state index contributed by atoms with van der Waals surface area (Å²) in [6.07, 6.45) is 0. The van der Waals surface area contributed by atoms with E-state index in [1.807, 2.05) is 25.1 Å². The van der Waals surface area contributed by atoms with Gasteiger partial charge in [-0.25, -0.2) is 4.79 Å². The summed E-state index contributed by atoms with van der Waals surface area (Å²) in [5, 5.41) is 9.07. The Kier molecular flexibility index (Phi) is 10.3. The van der Waals surface area contributed by atoms with E-state index >= 15 is 0 Å². The molecule has 10 nitrogen and oxygen atoms in total. The zero-order valence-electron chi connectivity index (χ0n) is 21.7. The van der Waals surface area contributed by atoms with Gasteiger partial charge in [0.05, 0.1) is 26.4 Å². The largest absolute Gasteiger partial charge is 1.00 e. The van der Waals surface area contributed by atoms with E-state index in [1.165, 1.54) is 0 Å². The molecule has 4 aromatic rings. The molecule has 4 rings (SSSR count). The third-order valence-corrected chi connectivity index (χ3v) is 5.79. The number of rotatable bonds is 11. The van der Waals surface area contributed by atoms with Crippen molar-refractivity contribution in [3.63, 3.8) is 0 Å². The fourth-order valence-electron chi connectivity index (χ4n) is 3.92. The third-order valence-electron chi connectivity index (χ3n) is 5.79. The predicted molar refractivity (Wildman–Crippen MR) is 135 cm³/mol. The second kappa shape index (κ2) is 13.4. The molecule has 0 unspecified atom stereocenters. The number of benzene rings is 3. The van der Waals surface area contributed by atoms with Gasteiger partial charge in [-0.15, -0.1) is 0 Å². The second-order valence-electron chi connectivity index (χ2n) is 8.09.